The van der Waals surface area contributed by atoms with Crippen molar-refractivity contribution in [3.05, 3.63) is 46.3 Å². The van der Waals surface area contributed by atoms with Crippen LogP contribution in [0, 0.1) is 27.7 Å². The van der Waals surface area contributed by atoms with Gasteiger partial charge in [0, 0.05) is 24.5 Å². The number of hydrogen-bond acceptors (Lipinski definition) is 3. The molecule has 0 unspecified atom stereocenters. The van der Waals surface area contributed by atoms with Crippen molar-refractivity contribution < 1.29 is 13.2 Å². The first-order valence-corrected chi connectivity index (χ1v) is 11.2. The topological polar surface area (TPSA) is 82.3 Å². The van der Waals surface area contributed by atoms with Crippen LogP contribution in [0.5, 0.6) is 0 Å². The number of benzene rings is 1. The van der Waals surface area contributed by atoms with Crippen molar-refractivity contribution in [2.75, 3.05) is 18.4 Å². The van der Waals surface area contributed by atoms with E-state index < -0.39 is 10.0 Å². The van der Waals surface area contributed by atoms with Gasteiger partial charge in [0.2, 0.25) is 10.0 Å². The van der Waals surface area contributed by atoms with Gasteiger partial charge in [0.25, 0.3) is 5.91 Å². The molecule has 7 heteroatoms. The van der Waals surface area contributed by atoms with Gasteiger partial charge in [-0.1, -0.05) is 25.0 Å². The van der Waals surface area contributed by atoms with Crippen LogP contribution in [0.1, 0.15) is 58.6 Å². The monoisotopic (exact) mass is 403 g/mol. The number of rotatable bonds is 4. The molecule has 2 aromatic rings. The lowest BCUT2D eigenvalue weighted by atomic mass is 10.1. The first-order valence-electron chi connectivity index (χ1n) is 9.79. The average Bonchev–Trinajstić information content (AvgIpc) is 2.81. The molecular weight excluding hydrogens is 374 g/mol. The van der Waals surface area contributed by atoms with Crippen molar-refractivity contribution in [1.82, 2.24) is 9.29 Å². The van der Waals surface area contributed by atoms with E-state index >= 15 is 0 Å². The number of aryl methyl sites for hydroxylation is 3. The molecule has 2 N–H and O–H groups in total. The molecule has 1 aromatic carbocycles. The van der Waals surface area contributed by atoms with Crippen LogP contribution >= 0.6 is 0 Å². The molecule has 1 aliphatic rings. The van der Waals surface area contributed by atoms with Gasteiger partial charge in [-0.2, -0.15) is 4.31 Å². The number of nitrogens with zero attached hydrogens (tertiary/aromatic N) is 1. The molecule has 0 saturated carbocycles. The average molecular weight is 404 g/mol. The molecule has 0 spiro atoms. The van der Waals surface area contributed by atoms with Crippen LogP contribution in [0.4, 0.5) is 5.69 Å². The zero-order valence-electron chi connectivity index (χ0n) is 17.1. The number of H-pyrrole nitrogens is 1. The minimum atomic E-state index is -3.63. The Morgan fingerprint density at radius 3 is 2.32 bits per heavy atom. The molecule has 28 heavy (non-hydrogen) atoms. The van der Waals surface area contributed by atoms with Crippen molar-refractivity contribution in [3.8, 4) is 0 Å². The number of amides is 1. The molecule has 152 valence electrons. The van der Waals surface area contributed by atoms with Gasteiger partial charge in [-0.15, -0.1) is 0 Å². The lowest BCUT2D eigenvalue weighted by Gasteiger charge is -2.20. The summed E-state index contributed by atoms with van der Waals surface area (Å²) < 4.78 is 28.1. The number of carbonyl (C=O) groups is 1. The van der Waals surface area contributed by atoms with E-state index in [4.69, 9.17) is 0 Å². The van der Waals surface area contributed by atoms with Gasteiger partial charge in [0.1, 0.15) is 10.6 Å². The molecule has 0 radical (unpaired) electrons. The van der Waals surface area contributed by atoms with Crippen LogP contribution in [-0.2, 0) is 10.0 Å². The fourth-order valence-corrected chi connectivity index (χ4v) is 5.74. The van der Waals surface area contributed by atoms with E-state index in [0.29, 0.717) is 30.0 Å². The lowest BCUT2D eigenvalue weighted by Crippen LogP contribution is -2.32. The highest BCUT2D eigenvalue weighted by molar-refractivity contribution is 7.89. The number of carbonyl (C=O) groups excluding carboxylic acids is 1. The predicted molar refractivity (Wildman–Crippen MR) is 111 cm³/mol. The maximum Gasteiger partial charge on any atom is 0.272 e. The van der Waals surface area contributed by atoms with Crippen molar-refractivity contribution >= 4 is 21.6 Å². The lowest BCUT2D eigenvalue weighted by molar-refractivity contribution is 0.102. The van der Waals surface area contributed by atoms with Crippen LogP contribution in [0.25, 0.3) is 0 Å². The Labute approximate surface area is 167 Å². The normalized spacial score (nSPS) is 16.0. The fraction of sp³-hybridized carbons (Fsp3) is 0.476. The highest BCUT2D eigenvalue weighted by atomic mass is 32.2. The number of aromatic nitrogens is 1. The minimum absolute atomic E-state index is 0.237. The first-order chi connectivity index (χ1) is 13.2. The van der Waals surface area contributed by atoms with Crippen LogP contribution in [0.3, 0.4) is 0 Å². The molecule has 1 amide bonds. The molecule has 0 aliphatic carbocycles. The third-order valence-electron chi connectivity index (χ3n) is 5.40. The van der Waals surface area contributed by atoms with Gasteiger partial charge in [-0.3, -0.25) is 4.79 Å². The van der Waals surface area contributed by atoms with Gasteiger partial charge < -0.3 is 10.3 Å². The molecule has 1 aromatic heterocycles. The maximum atomic E-state index is 13.2. The van der Waals surface area contributed by atoms with Gasteiger partial charge in [-0.25, -0.2) is 8.42 Å². The summed E-state index contributed by atoms with van der Waals surface area (Å²) in [5, 5.41) is 2.91. The largest absolute Gasteiger partial charge is 0.353 e. The summed E-state index contributed by atoms with van der Waals surface area (Å²) in [7, 11) is -3.63. The van der Waals surface area contributed by atoms with E-state index in [1.165, 1.54) is 0 Å². The Hall–Kier alpha value is -2.12. The molecule has 1 fully saturated rings. The quantitative estimate of drug-likeness (QED) is 0.807. The van der Waals surface area contributed by atoms with Crippen LogP contribution in [0.15, 0.2) is 23.1 Å². The van der Waals surface area contributed by atoms with Crippen molar-refractivity contribution in [2.45, 2.75) is 58.3 Å². The van der Waals surface area contributed by atoms with E-state index in [0.717, 1.165) is 42.5 Å². The summed E-state index contributed by atoms with van der Waals surface area (Å²) in [5.74, 6) is -0.327. The van der Waals surface area contributed by atoms with E-state index in [2.05, 4.69) is 10.3 Å². The number of nitrogens with one attached hydrogen (secondary N) is 2. The Kier molecular flexibility index (Phi) is 5.95. The second kappa shape index (κ2) is 8.09. The minimum Gasteiger partial charge on any atom is -0.353 e. The van der Waals surface area contributed by atoms with Crippen molar-refractivity contribution in [2.24, 2.45) is 0 Å². The maximum absolute atomic E-state index is 13.2. The molecular formula is C21H29N3O3S. The summed E-state index contributed by atoms with van der Waals surface area (Å²) in [6.07, 6.45) is 3.87. The third kappa shape index (κ3) is 4.00. The second-order valence-electron chi connectivity index (χ2n) is 7.67. The summed E-state index contributed by atoms with van der Waals surface area (Å²) in [4.78, 5) is 16.1. The highest BCUT2D eigenvalue weighted by Gasteiger charge is 2.32. The third-order valence-corrected chi connectivity index (χ3v) is 7.57. The van der Waals surface area contributed by atoms with Crippen LogP contribution in [-0.4, -0.2) is 36.7 Å². The SMILES string of the molecule is Cc1ccc(C)c(NC(=O)c2[nH]c(C)c(S(=O)(=O)N3CCCCCC3)c2C)c1. The Morgan fingerprint density at radius 2 is 1.68 bits per heavy atom. The van der Waals surface area contributed by atoms with E-state index in [9.17, 15) is 13.2 Å². The van der Waals surface area contributed by atoms with Gasteiger partial charge in [0.05, 0.1) is 0 Å². The van der Waals surface area contributed by atoms with E-state index in [1.54, 1.807) is 18.2 Å². The fourth-order valence-electron chi connectivity index (χ4n) is 3.81. The molecule has 0 bridgehead atoms. The zero-order valence-corrected chi connectivity index (χ0v) is 17.9. The molecule has 1 saturated heterocycles. The van der Waals surface area contributed by atoms with Crippen LogP contribution < -0.4 is 5.32 Å². The van der Waals surface area contributed by atoms with Gasteiger partial charge in [0.15, 0.2) is 0 Å². The van der Waals surface area contributed by atoms with Gasteiger partial charge >= 0.3 is 0 Å². The Morgan fingerprint density at radius 1 is 1.04 bits per heavy atom. The van der Waals surface area contributed by atoms with Crippen LogP contribution in [0.2, 0.25) is 0 Å². The summed E-state index contributed by atoms with van der Waals surface area (Å²) in [5.41, 5.74) is 4.01. The Bertz CT molecular complexity index is 985. The zero-order chi connectivity index (χ0) is 20.5. The summed E-state index contributed by atoms with van der Waals surface area (Å²) >= 11 is 0. The second-order valence-corrected chi connectivity index (χ2v) is 9.54. The highest BCUT2D eigenvalue weighted by Crippen LogP contribution is 2.29. The standard InChI is InChI=1S/C21H29N3O3S/c1-14-9-10-15(2)18(13-14)23-21(25)19-16(3)20(17(4)22-19)28(26,27)24-11-7-5-6-8-12-24/h9-10,13,22H,5-8,11-12H2,1-4H3,(H,23,25). The van der Waals surface area contributed by atoms with Crippen molar-refractivity contribution in [1.29, 1.82) is 0 Å². The number of anilines is 1. The molecule has 0 atom stereocenters. The first kappa shape index (κ1) is 20.6. The smallest absolute Gasteiger partial charge is 0.272 e. The number of sulfonamides is 1. The molecule has 1 aliphatic heterocycles. The molecule has 6 nitrogen and oxygen atoms in total. The Balaban J connectivity index is 1.93. The molecule has 2 heterocycles. The van der Waals surface area contributed by atoms with E-state index in [1.807, 2.05) is 32.0 Å². The van der Waals surface area contributed by atoms with Gasteiger partial charge in [-0.05, 0) is 63.3 Å². The molecule has 3 rings (SSSR count). The number of hydrogen-bond donors (Lipinski definition) is 2. The van der Waals surface area contributed by atoms with Crippen molar-refractivity contribution in [3.63, 3.8) is 0 Å². The van der Waals surface area contributed by atoms with E-state index in [-0.39, 0.29) is 10.8 Å². The predicted octanol–water partition coefficient (Wildman–Crippen LogP) is 4.07. The number of aromatic amines is 1. The summed E-state index contributed by atoms with van der Waals surface area (Å²) in [6.45, 7) is 8.38. The summed E-state index contributed by atoms with van der Waals surface area (Å²) in [6, 6.07) is 5.85.